The molecule has 0 saturated carbocycles. The Labute approximate surface area is 91.9 Å². The normalized spacial score (nSPS) is 11.7. The summed E-state index contributed by atoms with van der Waals surface area (Å²) in [5.74, 6) is -0.166. The van der Waals surface area contributed by atoms with Gasteiger partial charge in [-0.1, -0.05) is 6.08 Å². The molecular weight excluding hydrogens is 209 g/mol. The fourth-order valence-corrected chi connectivity index (χ4v) is 2.26. The van der Waals surface area contributed by atoms with Crippen molar-refractivity contribution >= 4 is 17.2 Å². The van der Waals surface area contributed by atoms with Crippen LogP contribution in [-0.4, -0.2) is 4.98 Å². The average molecular weight is 219 g/mol. The molecule has 3 heteroatoms. The van der Waals surface area contributed by atoms with Gasteiger partial charge < -0.3 is 0 Å². The molecule has 2 aromatic heterocycles. The van der Waals surface area contributed by atoms with E-state index in [0.29, 0.717) is 4.88 Å². The summed E-state index contributed by atoms with van der Waals surface area (Å²) in [7, 11) is 0. The maximum Gasteiger partial charge on any atom is 0.136 e. The standard InChI is InChI=1S/C12H10FNS/c1-2-10(13)12-4-3-11(15-12)9-5-7-14-8-6-9/h2-8H,1H3/b10-2+. The highest BCUT2D eigenvalue weighted by Gasteiger charge is 2.05. The first kappa shape index (κ1) is 10.1. The Balaban J connectivity index is 2.36. The first-order valence-corrected chi connectivity index (χ1v) is 5.45. The predicted octanol–water partition coefficient (Wildman–Crippen LogP) is 4.14. The molecule has 0 aromatic carbocycles. The smallest absolute Gasteiger partial charge is 0.136 e. The molecule has 0 saturated heterocycles. The zero-order chi connectivity index (χ0) is 10.7. The van der Waals surface area contributed by atoms with Crippen LogP contribution in [0.4, 0.5) is 4.39 Å². The van der Waals surface area contributed by atoms with Crippen LogP contribution in [0.5, 0.6) is 0 Å². The molecular formula is C12H10FNS. The summed E-state index contributed by atoms with van der Waals surface area (Å²) in [6.07, 6.45) is 4.95. The van der Waals surface area contributed by atoms with Crippen molar-refractivity contribution in [2.75, 3.05) is 0 Å². The van der Waals surface area contributed by atoms with Crippen LogP contribution >= 0.6 is 11.3 Å². The second-order valence-electron chi connectivity index (χ2n) is 3.04. The van der Waals surface area contributed by atoms with Crippen molar-refractivity contribution in [1.82, 2.24) is 4.98 Å². The van der Waals surface area contributed by atoms with E-state index in [-0.39, 0.29) is 5.83 Å². The molecule has 1 nitrogen and oxygen atoms in total. The van der Waals surface area contributed by atoms with E-state index in [4.69, 9.17) is 0 Å². The lowest BCUT2D eigenvalue weighted by Gasteiger charge is -1.94. The molecule has 76 valence electrons. The predicted molar refractivity (Wildman–Crippen MR) is 62.3 cm³/mol. The van der Waals surface area contributed by atoms with Crippen molar-refractivity contribution in [3.05, 3.63) is 47.6 Å². The molecule has 0 unspecified atom stereocenters. The third-order valence-electron chi connectivity index (χ3n) is 2.06. The third-order valence-corrected chi connectivity index (χ3v) is 3.20. The lowest BCUT2D eigenvalue weighted by Crippen LogP contribution is -1.71. The number of allylic oxidation sites excluding steroid dienone is 1. The number of thiophene rings is 1. The average Bonchev–Trinajstić information content (AvgIpc) is 2.78. The molecule has 2 rings (SSSR count). The highest BCUT2D eigenvalue weighted by molar-refractivity contribution is 7.16. The Morgan fingerprint density at radius 3 is 2.67 bits per heavy atom. The maximum atomic E-state index is 13.3. The van der Waals surface area contributed by atoms with Crippen molar-refractivity contribution in [2.24, 2.45) is 0 Å². The molecule has 2 aromatic rings. The van der Waals surface area contributed by atoms with E-state index in [1.54, 1.807) is 25.4 Å². The number of hydrogen-bond acceptors (Lipinski definition) is 2. The molecule has 0 aliphatic rings. The Bertz CT molecular complexity index is 473. The van der Waals surface area contributed by atoms with Gasteiger partial charge in [0.05, 0.1) is 4.88 Å². The molecule has 0 aliphatic carbocycles. The minimum Gasteiger partial charge on any atom is -0.265 e. The van der Waals surface area contributed by atoms with E-state index >= 15 is 0 Å². The molecule has 2 heterocycles. The van der Waals surface area contributed by atoms with Gasteiger partial charge >= 0.3 is 0 Å². The lowest BCUT2D eigenvalue weighted by atomic mass is 10.2. The van der Waals surface area contributed by atoms with Gasteiger partial charge in [0.2, 0.25) is 0 Å². The van der Waals surface area contributed by atoms with Gasteiger partial charge in [0.15, 0.2) is 0 Å². The van der Waals surface area contributed by atoms with E-state index in [1.807, 2.05) is 18.2 Å². The first-order valence-electron chi connectivity index (χ1n) is 4.63. The summed E-state index contributed by atoms with van der Waals surface area (Å²) < 4.78 is 13.3. The van der Waals surface area contributed by atoms with Crippen LogP contribution in [0.15, 0.2) is 42.7 Å². The van der Waals surface area contributed by atoms with Crippen LogP contribution in [0.3, 0.4) is 0 Å². The number of hydrogen-bond donors (Lipinski definition) is 0. The highest BCUT2D eigenvalue weighted by atomic mass is 32.1. The maximum absolute atomic E-state index is 13.3. The number of pyridine rings is 1. The molecule has 0 N–H and O–H groups in total. The van der Waals surface area contributed by atoms with Gasteiger partial charge in [-0.3, -0.25) is 4.98 Å². The fourth-order valence-electron chi connectivity index (χ4n) is 1.28. The molecule has 0 radical (unpaired) electrons. The summed E-state index contributed by atoms with van der Waals surface area (Å²) in [5.41, 5.74) is 1.07. The van der Waals surface area contributed by atoms with Crippen molar-refractivity contribution in [3.63, 3.8) is 0 Å². The Hall–Kier alpha value is -1.48. The van der Waals surface area contributed by atoms with Gasteiger partial charge in [-0.05, 0) is 36.8 Å². The minimum absolute atomic E-state index is 0.166. The number of halogens is 1. The summed E-state index contributed by atoms with van der Waals surface area (Å²) in [6, 6.07) is 7.57. The number of rotatable bonds is 2. The monoisotopic (exact) mass is 219 g/mol. The molecule has 0 fully saturated rings. The van der Waals surface area contributed by atoms with Crippen molar-refractivity contribution in [2.45, 2.75) is 6.92 Å². The van der Waals surface area contributed by atoms with Gasteiger partial charge in [-0.2, -0.15) is 0 Å². The molecule has 0 bridgehead atoms. The van der Waals surface area contributed by atoms with Crippen LogP contribution in [0.1, 0.15) is 11.8 Å². The van der Waals surface area contributed by atoms with Crippen LogP contribution in [-0.2, 0) is 0 Å². The van der Waals surface area contributed by atoms with E-state index in [2.05, 4.69) is 4.98 Å². The van der Waals surface area contributed by atoms with Gasteiger partial charge in [-0.25, -0.2) is 4.39 Å². The third kappa shape index (κ3) is 2.13. The van der Waals surface area contributed by atoms with Crippen molar-refractivity contribution in [3.8, 4) is 10.4 Å². The van der Waals surface area contributed by atoms with Gasteiger partial charge in [-0.15, -0.1) is 11.3 Å². The van der Waals surface area contributed by atoms with Crippen LogP contribution in [0.25, 0.3) is 16.3 Å². The molecule has 0 spiro atoms. The molecule has 0 aliphatic heterocycles. The van der Waals surface area contributed by atoms with E-state index in [0.717, 1.165) is 10.4 Å². The second kappa shape index (κ2) is 4.36. The number of aromatic nitrogens is 1. The summed E-state index contributed by atoms with van der Waals surface area (Å²) >= 11 is 1.45. The first-order chi connectivity index (χ1) is 7.31. The van der Waals surface area contributed by atoms with E-state index in [1.165, 1.54) is 17.4 Å². The Kier molecular flexibility index (Phi) is 2.92. The van der Waals surface area contributed by atoms with Crippen LogP contribution in [0, 0.1) is 0 Å². The quantitative estimate of drug-likeness (QED) is 0.739. The summed E-state index contributed by atoms with van der Waals surface area (Å²) in [6.45, 7) is 1.70. The van der Waals surface area contributed by atoms with Crippen molar-refractivity contribution in [1.29, 1.82) is 0 Å². The fraction of sp³-hybridized carbons (Fsp3) is 0.0833. The number of nitrogens with zero attached hydrogens (tertiary/aromatic N) is 1. The van der Waals surface area contributed by atoms with Gasteiger partial charge in [0.25, 0.3) is 0 Å². The molecule has 0 atom stereocenters. The SMILES string of the molecule is C/C=C(/F)c1ccc(-c2ccncc2)s1. The minimum atomic E-state index is -0.166. The van der Waals surface area contributed by atoms with Gasteiger partial charge in [0, 0.05) is 17.3 Å². The molecule has 0 amide bonds. The highest BCUT2D eigenvalue weighted by Crippen LogP contribution is 2.31. The Morgan fingerprint density at radius 2 is 2.00 bits per heavy atom. The van der Waals surface area contributed by atoms with Crippen molar-refractivity contribution < 1.29 is 4.39 Å². The summed E-state index contributed by atoms with van der Waals surface area (Å²) in [5, 5.41) is 0. The topological polar surface area (TPSA) is 12.9 Å². The van der Waals surface area contributed by atoms with E-state index < -0.39 is 0 Å². The molecule has 15 heavy (non-hydrogen) atoms. The zero-order valence-corrected chi connectivity index (χ0v) is 9.09. The van der Waals surface area contributed by atoms with Crippen LogP contribution < -0.4 is 0 Å². The van der Waals surface area contributed by atoms with E-state index in [9.17, 15) is 4.39 Å². The lowest BCUT2D eigenvalue weighted by molar-refractivity contribution is 0.762. The summed E-state index contributed by atoms with van der Waals surface area (Å²) in [4.78, 5) is 5.68. The van der Waals surface area contributed by atoms with Gasteiger partial charge in [0.1, 0.15) is 5.83 Å². The second-order valence-corrected chi connectivity index (χ2v) is 4.12. The largest absolute Gasteiger partial charge is 0.265 e. The zero-order valence-electron chi connectivity index (χ0n) is 8.27. The Morgan fingerprint density at radius 1 is 1.27 bits per heavy atom. The van der Waals surface area contributed by atoms with Crippen LogP contribution in [0.2, 0.25) is 0 Å².